The third-order valence-electron chi connectivity index (χ3n) is 13.4. The number of aliphatic hydroxyl groups is 5. The number of amides is 1. The molecule has 0 radical (unpaired) electrons. The molecule has 412 valence electrons. The van der Waals surface area contributed by atoms with E-state index in [1.165, 1.54) is 103 Å². The van der Waals surface area contributed by atoms with E-state index in [0.717, 1.165) is 103 Å². The minimum Gasteiger partial charge on any atom is -0.466 e. The minimum absolute atomic E-state index is 0.0391. The summed E-state index contributed by atoms with van der Waals surface area (Å²) in [5.74, 6) is -0.261. The van der Waals surface area contributed by atoms with E-state index >= 15 is 0 Å². The van der Waals surface area contributed by atoms with Gasteiger partial charge in [0.2, 0.25) is 5.91 Å². The maximum absolute atomic E-state index is 13.0. The van der Waals surface area contributed by atoms with Crippen LogP contribution < -0.4 is 5.32 Å². The maximum Gasteiger partial charge on any atom is 0.305 e. The number of carbonyl (C=O) groups excluding carboxylic acids is 2. The van der Waals surface area contributed by atoms with Gasteiger partial charge in [0.1, 0.15) is 24.4 Å². The third-order valence-corrected chi connectivity index (χ3v) is 13.4. The van der Waals surface area contributed by atoms with Crippen LogP contribution in [0.3, 0.4) is 0 Å². The second kappa shape index (κ2) is 49.6. The largest absolute Gasteiger partial charge is 0.466 e. The Morgan fingerprint density at radius 3 is 1.52 bits per heavy atom. The first-order valence-corrected chi connectivity index (χ1v) is 29.1. The normalized spacial score (nSPS) is 19.6. The van der Waals surface area contributed by atoms with E-state index in [0.29, 0.717) is 32.3 Å². The lowest BCUT2D eigenvalue weighted by Crippen LogP contribution is -2.60. The number of unbranched alkanes of at least 4 members (excludes halogenated alkanes) is 28. The fourth-order valence-corrected chi connectivity index (χ4v) is 8.76. The fourth-order valence-electron chi connectivity index (χ4n) is 8.76. The molecule has 0 aromatic rings. The predicted octanol–water partition coefficient (Wildman–Crippen LogP) is 13.1. The van der Waals surface area contributed by atoms with Crippen molar-refractivity contribution in [3.63, 3.8) is 0 Å². The molecule has 71 heavy (non-hydrogen) atoms. The van der Waals surface area contributed by atoms with Crippen LogP contribution in [0, 0.1) is 0 Å². The second-order valence-corrected chi connectivity index (χ2v) is 20.0. The lowest BCUT2D eigenvalue weighted by Gasteiger charge is -2.40. The van der Waals surface area contributed by atoms with E-state index in [2.05, 4.69) is 67.8 Å². The summed E-state index contributed by atoms with van der Waals surface area (Å²) in [6.45, 7) is 4.12. The number of ether oxygens (including phenoxy) is 3. The van der Waals surface area contributed by atoms with Crippen molar-refractivity contribution < 1.29 is 49.3 Å². The van der Waals surface area contributed by atoms with E-state index in [9.17, 15) is 35.1 Å². The van der Waals surface area contributed by atoms with Gasteiger partial charge in [0.15, 0.2) is 6.29 Å². The highest BCUT2D eigenvalue weighted by Crippen LogP contribution is 2.23. The Labute approximate surface area is 433 Å². The number of carbonyl (C=O) groups is 2. The van der Waals surface area contributed by atoms with Crippen molar-refractivity contribution in [1.29, 1.82) is 0 Å². The van der Waals surface area contributed by atoms with E-state index < -0.39 is 49.5 Å². The van der Waals surface area contributed by atoms with Gasteiger partial charge in [-0.15, -0.1) is 0 Å². The van der Waals surface area contributed by atoms with Gasteiger partial charge >= 0.3 is 5.97 Å². The van der Waals surface area contributed by atoms with Gasteiger partial charge in [-0.2, -0.15) is 0 Å². The number of aliphatic hydroxyl groups excluding tert-OH is 5. The smallest absolute Gasteiger partial charge is 0.305 e. The van der Waals surface area contributed by atoms with Crippen molar-refractivity contribution >= 4 is 11.9 Å². The van der Waals surface area contributed by atoms with Gasteiger partial charge in [-0.05, 0) is 83.5 Å². The van der Waals surface area contributed by atoms with E-state index in [1.54, 1.807) is 6.08 Å². The molecule has 1 saturated heterocycles. The molecule has 11 heteroatoms. The molecule has 0 bridgehead atoms. The van der Waals surface area contributed by atoms with Crippen LogP contribution in [0.2, 0.25) is 0 Å². The average molecular weight is 1000 g/mol. The molecule has 0 saturated carbocycles. The molecule has 7 atom stereocenters. The van der Waals surface area contributed by atoms with Crippen molar-refractivity contribution in [3.8, 4) is 0 Å². The quantitative estimate of drug-likeness (QED) is 0.0149. The first-order valence-electron chi connectivity index (χ1n) is 29.1. The highest BCUT2D eigenvalue weighted by Gasteiger charge is 2.44. The predicted molar refractivity (Wildman–Crippen MR) is 292 cm³/mol. The van der Waals surface area contributed by atoms with Crippen molar-refractivity contribution in [2.24, 2.45) is 0 Å². The lowest BCUT2D eigenvalue weighted by atomic mass is 9.99. The molecule has 0 aromatic heterocycles. The van der Waals surface area contributed by atoms with Crippen LogP contribution in [0.15, 0.2) is 60.8 Å². The molecule has 1 rings (SSSR count). The van der Waals surface area contributed by atoms with E-state index in [1.807, 2.05) is 6.08 Å². The SMILES string of the molecule is CC/C=C/CC/C=C/CC/C=C/C(O)C(COC1OC(CO)C(O)C(O)C1O)NC(=O)CCCCCCCC/C=C\C=C/CCCCCOC(=O)CCCCCCCCCCCCCCCCCCCC. The molecule has 0 spiro atoms. The van der Waals surface area contributed by atoms with E-state index in [4.69, 9.17) is 14.2 Å². The van der Waals surface area contributed by atoms with Gasteiger partial charge in [0.05, 0.1) is 32.0 Å². The van der Waals surface area contributed by atoms with Crippen LogP contribution in [0.4, 0.5) is 0 Å². The molecule has 1 aliphatic rings. The van der Waals surface area contributed by atoms with Crippen LogP contribution in [-0.2, 0) is 23.8 Å². The molecule has 1 fully saturated rings. The van der Waals surface area contributed by atoms with Crippen molar-refractivity contribution in [3.05, 3.63) is 60.8 Å². The molecular weight excluding hydrogens is 895 g/mol. The van der Waals surface area contributed by atoms with Crippen LogP contribution in [0.25, 0.3) is 0 Å². The van der Waals surface area contributed by atoms with E-state index in [-0.39, 0.29) is 18.5 Å². The first-order chi connectivity index (χ1) is 34.7. The number of hydrogen-bond acceptors (Lipinski definition) is 10. The Morgan fingerprint density at radius 1 is 0.535 bits per heavy atom. The molecule has 0 aromatic carbocycles. The number of esters is 1. The third kappa shape index (κ3) is 39.5. The molecule has 1 aliphatic heterocycles. The van der Waals surface area contributed by atoms with Gasteiger partial charge < -0.3 is 45.1 Å². The van der Waals surface area contributed by atoms with Crippen LogP contribution in [0.1, 0.15) is 245 Å². The molecular formula is C60H107NO10. The number of nitrogens with one attached hydrogen (secondary N) is 1. The standard InChI is InChI=1S/C60H107NO10/c1-3-5-7-9-11-13-15-16-17-18-19-22-25-28-32-36-40-44-48-56(65)69-49-45-41-37-33-29-26-23-20-21-24-27-31-35-39-43-47-55(64)61-52(51-70-60-59(68)58(67)57(66)54(50-62)71-60)53(63)46-42-38-34-30-14-12-10-8-6-4-2/h6,8,14,20,23,26,29-30,42,46,52-54,57-60,62-63,66-68H,3-5,7,9-13,15-19,21-22,24-25,27-28,31-41,43-45,47-51H2,1-2H3,(H,61,64)/b8-6+,23-20-,29-26-,30-14+,46-42+. The number of allylic oxidation sites excluding steroid dienone is 9. The highest BCUT2D eigenvalue weighted by molar-refractivity contribution is 5.76. The van der Waals surface area contributed by atoms with Crippen LogP contribution in [-0.4, -0.2) is 100 Å². The first kappa shape index (κ1) is 66.4. The molecule has 11 nitrogen and oxygen atoms in total. The van der Waals surface area contributed by atoms with Crippen molar-refractivity contribution in [2.45, 2.75) is 288 Å². The van der Waals surface area contributed by atoms with Crippen molar-refractivity contribution in [1.82, 2.24) is 5.32 Å². The summed E-state index contributed by atoms with van der Waals surface area (Å²) in [4.78, 5) is 25.1. The molecule has 1 heterocycles. The summed E-state index contributed by atoms with van der Waals surface area (Å²) in [5.41, 5.74) is 0. The summed E-state index contributed by atoms with van der Waals surface area (Å²) < 4.78 is 16.6. The average Bonchev–Trinajstić information content (AvgIpc) is 3.37. The summed E-state index contributed by atoms with van der Waals surface area (Å²) >= 11 is 0. The Morgan fingerprint density at radius 2 is 1.00 bits per heavy atom. The zero-order valence-electron chi connectivity index (χ0n) is 45.2. The topological polar surface area (TPSA) is 175 Å². The molecule has 7 unspecified atom stereocenters. The Kier molecular flexibility index (Phi) is 46.3. The lowest BCUT2D eigenvalue weighted by molar-refractivity contribution is -0.302. The number of hydrogen-bond donors (Lipinski definition) is 6. The minimum atomic E-state index is -1.59. The summed E-state index contributed by atoms with van der Waals surface area (Å²) in [7, 11) is 0. The zero-order valence-corrected chi connectivity index (χ0v) is 45.2. The van der Waals surface area contributed by atoms with Gasteiger partial charge in [0.25, 0.3) is 0 Å². The van der Waals surface area contributed by atoms with Crippen molar-refractivity contribution in [2.75, 3.05) is 19.8 Å². The van der Waals surface area contributed by atoms with Gasteiger partial charge in [-0.25, -0.2) is 0 Å². The summed E-state index contributed by atoms with van der Waals surface area (Å²) in [6, 6.07) is -0.851. The molecule has 6 N–H and O–H groups in total. The Hall–Kier alpha value is -2.64. The maximum atomic E-state index is 13.0. The number of rotatable bonds is 49. The monoisotopic (exact) mass is 1000 g/mol. The second-order valence-electron chi connectivity index (χ2n) is 20.0. The highest BCUT2D eigenvalue weighted by atomic mass is 16.7. The van der Waals surface area contributed by atoms with Gasteiger partial charge in [-0.1, -0.05) is 209 Å². The van der Waals surface area contributed by atoms with Gasteiger partial charge in [-0.3, -0.25) is 9.59 Å². The fraction of sp³-hybridized carbons (Fsp3) is 0.800. The molecule has 1 amide bonds. The summed E-state index contributed by atoms with van der Waals surface area (Å²) in [6.07, 6.45) is 53.3. The Balaban J connectivity index is 2.10. The molecule has 0 aliphatic carbocycles. The van der Waals surface area contributed by atoms with Crippen LogP contribution in [0.5, 0.6) is 0 Å². The Bertz CT molecular complexity index is 1360. The zero-order chi connectivity index (χ0) is 51.7. The van der Waals surface area contributed by atoms with Gasteiger partial charge in [0, 0.05) is 12.8 Å². The van der Waals surface area contributed by atoms with Crippen LogP contribution >= 0.6 is 0 Å². The summed E-state index contributed by atoms with van der Waals surface area (Å²) in [5, 5.41) is 54.1.